The first-order chi connectivity index (χ1) is 8.40. The third kappa shape index (κ3) is 2.66. The highest BCUT2D eigenvalue weighted by Crippen LogP contribution is 2.26. The van der Waals surface area contributed by atoms with Crippen molar-refractivity contribution in [2.24, 2.45) is 11.3 Å². The van der Waals surface area contributed by atoms with Crippen LogP contribution in [0.25, 0.3) is 5.65 Å². The van der Waals surface area contributed by atoms with Crippen LogP contribution in [-0.4, -0.2) is 21.1 Å². The normalized spacial score (nSPS) is 12.3. The van der Waals surface area contributed by atoms with Gasteiger partial charge in [-0.2, -0.15) is 5.10 Å². The summed E-state index contributed by atoms with van der Waals surface area (Å²) in [6, 6.07) is 1.95. The van der Waals surface area contributed by atoms with Gasteiger partial charge in [0, 0.05) is 12.7 Å². The average molecular weight is 311 g/mol. The Labute approximate surface area is 116 Å². The summed E-state index contributed by atoms with van der Waals surface area (Å²) >= 11 is 3.44. The van der Waals surface area contributed by atoms with Gasteiger partial charge in [-0.1, -0.05) is 27.7 Å². The van der Waals surface area contributed by atoms with E-state index >= 15 is 0 Å². The molecule has 0 spiro atoms. The highest BCUT2D eigenvalue weighted by Gasteiger charge is 2.22. The Morgan fingerprint density at radius 1 is 1.44 bits per heavy atom. The van der Waals surface area contributed by atoms with E-state index in [1.807, 2.05) is 12.3 Å². The number of nitrogens with one attached hydrogen (secondary N) is 1. The van der Waals surface area contributed by atoms with Crippen LogP contribution in [-0.2, 0) is 0 Å². The Bertz CT molecular complexity index is 545. The monoisotopic (exact) mass is 310 g/mol. The Hall–Kier alpha value is -1.10. The standard InChI is InChI=1S/C13H19BrN4/c1-9(2)13(3,4)8-15-11-5-6-18-12(17-11)10(14)7-16-18/h5-7,9H,8H2,1-4H3,(H,15,17). The molecule has 0 atom stereocenters. The zero-order chi connectivity index (χ0) is 13.3. The van der Waals surface area contributed by atoms with Crippen molar-refractivity contribution in [3.8, 4) is 0 Å². The van der Waals surface area contributed by atoms with Crippen LogP contribution in [0.3, 0.4) is 0 Å². The molecule has 0 amide bonds. The summed E-state index contributed by atoms with van der Waals surface area (Å²) in [5.74, 6) is 1.51. The summed E-state index contributed by atoms with van der Waals surface area (Å²) in [7, 11) is 0. The van der Waals surface area contributed by atoms with Gasteiger partial charge < -0.3 is 5.32 Å². The molecule has 5 heteroatoms. The molecule has 2 rings (SSSR count). The second-order valence-corrected chi connectivity index (χ2v) is 6.42. The molecule has 0 saturated heterocycles. The zero-order valence-corrected chi connectivity index (χ0v) is 12.8. The van der Waals surface area contributed by atoms with Crippen LogP contribution < -0.4 is 5.32 Å². The first-order valence-electron chi connectivity index (χ1n) is 6.14. The van der Waals surface area contributed by atoms with Gasteiger partial charge in [-0.05, 0) is 33.3 Å². The van der Waals surface area contributed by atoms with Crippen molar-refractivity contribution in [1.82, 2.24) is 14.6 Å². The van der Waals surface area contributed by atoms with Gasteiger partial charge in [-0.25, -0.2) is 9.50 Å². The van der Waals surface area contributed by atoms with E-state index in [1.54, 1.807) is 10.7 Å². The lowest BCUT2D eigenvalue weighted by molar-refractivity contribution is 0.269. The molecule has 0 unspecified atom stereocenters. The highest BCUT2D eigenvalue weighted by atomic mass is 79.9. The van der Waals surface area contributed by atoms with E-state index in [-0.39, 0.29) is 5.41 Å². The van der Waals surface area contributed by atoms with Gasteiger partial charge in [-0.15, -0.1) is 0 Å². The van der Waals surface area contributed by atoms with Crippen LogP contribution in [0.4, 0.5) is 5.82 Å². The van der Waals surface area contributed by atoms with Crippen molar-refractivity contribution in [2.75, 3.05) is 11.9 Å². The maximum atomic E-state index is 4.54. The maximum Gasteiger partial charge on any atom is 0.171 e. The Morgan fingerprint density at radius 2 is 2.17 bits per heavy atom. The smallest absolute Gasteiger partial charge is 0.171 e. The van der Waals surface area contributed by atoms with E-state index < -0.39 is 0 Å². The molecule has 0 radical (unpaired) electrons. The summed E-state index contributed by atoms with van der Waals surface area (Å²) in [6.45, 7) is 9.91. The summed E-state index contributed by atoms with van der Waals surface area (Å²) < 4.78 is 2.66. The fraction of sp³-hybridized carbons (Fsp3) is 0.538. The number of fused-ring (bicyclic) bond motifs is 1. The summed E-state index contributed by atoms with van der Waals surface area (Å²) in [5, 5.41) is 7.58. The molecule has 0 aliphatic heterocycles. The lowest BCUT2D eigenvalue weighted by Crippen LogP contribution is -2.28. The molecule has 0 fully saturated rings. The molecular formula is C13H19BrN4. The van der Waals surface area contributed by atoms with Crippen molar-refractivity contribution in [3.63, 3.8) is 0 Å². The van der Waals surface area contributed by atoms with Gasteiger partial charge in [0.25, 0.3) is 0 Å². The minimum absolute atomic E-state index is 0.241. The fourth-order valence-corrected chi connectivity index (χ4v) is 1.82. The maximum absolute atomic E-state index is 4.54. The SMILES string of the molecule is CC(C)C(C)(C)CNc1ccn2ncc(Br)c2n1. The van der Waals surface area contributed by atoms with E-state index in [4.69, 9.17) is 0 Å². The fourth-order valence-electron chi connectivity index (χ4n) is 1.46. The molecule has 2 aromatic rings. The molecule has 0 aliphatic rings. The lowest BCUT2D eigenvalue weighted by Gasteiger charge is -2.29. The summed E-state index contributed by atoms with van der Waals surface area (Å²) in [6.07, 6.45) is 3.67. The molecule has 2 aromatic heterocycles. The Morgan fingerprint density at radius 3 is 2.83 bits per heavy atom. The molecule has 0 bridgehead atoms. The predicted octanol–water partition coefficient (Wildman–Crippen LogP) is 3.59. The quantitative estimate of drug-likeness (QED) is 0.938. The van der Waals surface area contributed by atoms with E-state index in [0.29, 0.717) is 5.92 Å². The van der Waals surface area contributed by atoms with E-state index in [1.165, 1.54) is 0 Å². The minimum Gasteiger partial charge on any atom is -0.369 e. The molecule has 2 heterocycles. The van der Waals surface area contributed by atoms with E-state index in [0.717, 1.165) is 22.5 Å². The summed E-state index contributed by atoms with van der Waals surface area (Å²) in [5.41, 5.74) is 1.08. The van der Waals surface area contributed by atoms with Crippen LogP contribution in [0.2, 0.25) is 0 Å². The topological polar surface area (TPSA) is 42.2 Å². The van der Waals surface area contributed by atoms with Crippen molar-refractivity contribution >= 4 is 27.4 Å². The van der Waals surface area contributed by atoms with Crippen molar-refractivity contribution < 1.29 is 0 Å². The lowest BCUT2D eigenvalue weighted by atomic mass is 9.81. The van der Waals surface area contributed by atoms with Crippen LogP contribution in [0.1, 0.15) is 27.7 Å². The van der Waals surface area contributed by atoms with Gasteiger partial charge in [0.1, 0.15) is 5.82 Å². The van der Waals surface area contributed by atoms with Gasteiger partial charge in [0.15, 0.2) is 5.65 Å². The Kier molecular flexibility index (Phi) is 3.61. The van der Waals surface area contributed by atoms with Crippen molar-refractivity contribution in [3.05, 3.63) is 22.9 Å². The number of anilines is 1. The number of hydrogen-bond acceptors (Lipinski definition) is 3. The first kappa shape index (κ1) is 13.3. The molecule has 0 aliphatic carbocycles. The van der Waals surface area contributed by atoms with Gasteiger partial charge in [0.05, 0.1) is 10.7 Å². The van der Waals surface area contributed by atoms with E-state index in [9.17, 15) is 0 Å². The van der Waals surface area contributed by atoms with E-state index in [2.05, 4.69) is 59.0 Å². The number of rotatable bonds is 4. The van der Waals surface area contributed by atoms with Crippen LogP contribution in [0, 0.1) is 11.3 Å². The predicted molar refractivity (Wildman–Crippen MR) is 77.8 cm³/mol. The number of halogens is 1. The second-order valence-electron chi connectivity index (χ2n) is 5.57. The molecule has 98 valence electrons. The number of aromatic nitrogens is 3. The largest absolute Gasteiger partial charge is 0.369 e. The average Bonchev–Trinajstić information content (AvgIpc) is 2.68. The molecule has 0 saturated carbocycles. The molecular weight excluding hydrogens is 292 g/mol. The van der Waals surface area contributed by atoms with Gasteiger partial charge >= 0.3 is 0 Å². The third-order valence-corrected chi connectivity index (χ3v) is 4.17. The summed E-state index contributed by atoms with van der Waals surface area (Å²) in [4.78, 5) is 4.54. The Balaban J connectivity index is 2.15. The second kappa shape index (κ2) is 4.88. The van der Waals surface area contributed by atoms with Crippen molar-refractivity contribution in [1.29, 1.82) is 0 Å². The molecule has 1 N–H and O–H groups in total. The molecule has 18 heavy (non-hydrogen) atoms. The first-order valence-corrected chi connectivity index (χ1v) is 6.93. The number of nitrogens with zero attached hydrogens (tertiary/aromatic N) is 3. The van der Waals surface area contributed by atoms with Gasteiger partial charge in [-0.3, -0.25) is 0 Å². The van der Waals surface area contributed by atoms with Crippen LogP contribution in [0.5, 0.6) is 0 Å². The third-order valence-electron chi connectivity index (χ3n) is 3.61. The van der Waals surface area contributed by atoms with Crippen LogP contribution in [0.15, 0.2) is 22.9 Å². The highest BCUT2D eigenvalue weighted by molar-refractivity contribution is 9.10. The number of hydrogen-bond donors (Lipinski definition) is 1. The van der Waals surface area contributed by atoms with Crippen LogP contribution >= 0.6 is 15.9 Å². The van der Waals surface area contributed by atoms with Gasteiger partial charge in [0.2, 0.25) is 0 Å². The minimum atomic E-state index is 0.241. The zero-order valence-electron chi connectivity index (χ0n) is 11.2. The molecule has 0 aromatic carbocycles. The molecule has 4 nitrogen and oxygen atoms in total. The van der Waals surface area contributed by atoms with Crippen molar-refractivity contribution in [2.45, 2.75) is 27.7 Å².